The van der Waals surface area contributed by atoms with Crippen LogP contribution < -0.4 is 5.32 Å². The molecular weight excluding hydrogens is 504 g/mol. The number of hydrogen-bond donors (Lipinski definition) is 2. The number of nitrogens with zero attached hydrogens (tertiary/aromatic N) is 1. The molecule has 0 saturated carbocycles. The molecule has 0 heterocycles. The van der Waals surface area contributed by atoms with Gasteiger partial charge in [-0.2, -0.15) is 0 Å². The fraction of sp³-hybridized carbons (Fsp3) is 0.688. The van der Waals surface area contributed by atoms with E-state index in [0.29, 0.717) is 18.6 Å². The Balaban J connectivity index is 5.17. The van der Waals surface area contributed by atoms with E-state index in [2.05, 4.69) is 82.6 Å². The Hall–Kier alpha value is 0.01000. The monoisotopic (exact) mass is 531 g/mol. The summed E-state index contributed by atoms with van der Waals surface area (Å²) in [5.74, 6) is 0.0142. The number of amides is 1. The summed E-state index contributed by atoms with van der Waals surface area (Å²) in [5, 5.41) is 10.8. The van der Waals surface area contributed by atoms with Crippen molar-refractivity contribution < 1.29 is 4.79 Å². The van der Waals surface area contributed by atoms with Crippen molar-refractivity contribution in [2.45, 2.75) is 53.9 Å². The van der Waals surface area contributed by atoms with E-state index in [1.54, 1.807) is 7.05 Å². The second kappa shape index (κ2) is 8.75. The zero-order chi connectivity index (χ0) is 17.7. The van der Waals surface area contributed by atoms with Gasteiger partial charge in [0.1, 0.15) is 0 Å². The first-order valence-electron chi connectivity index (χ1n) is 7.14. The van der Waals surface area contributed by atoms with Crippen molar-refractivity contribution >= 4 is 63.5 Å². The molecule has 0 radical (unpaired) electrons. The molecule has 0 aromatic heterocycles. The average molecular weight is 531 g/mol. The number of carbonyl (C=O) groups excluding carboxylic acids is 1. The highest BCUT2D eigenvalue weighted by Gasteiger charge is 2.37. The first kappa shape index (κ1) is 22.0. The summed E-state index contributed by atoms with van der Waals surface area (Å²) in [6.45, 7) is 16.0. The highest BCUT2D eigenvalue weighted by molar-refractivity contribution is 14.1. The minimum Gasteiger partial charge on any atom is -0.358 e. The predicted octanol–water partition coefficient (Wildman–Crippen LogP) is 4.20. The minimum absolute atomic E-state index is 0.0142. The molecule has 0 spiro atoms. The van der Waals surface area contributed by atoms with Gasteiger partial charge in [-0.3, -0.25) is 9.79 Å². The first-order chi connectivity index (χ1) is 9.91. The Kier molecular flexibility index (Phi) is 8.75. The van der Waals surface area contributed by atoms with Gasteiger partial charge in [0.2, 0.25) is 5.91 Å². The van der Waals surface area contributed by atoms with E-state index >= 15 is 0 Å². The molecule has 0 bridgehead atoms. The Bertz CT molecular complexity index is 460. The maximum atomic E-state index is 11.9. The van der Waals surface area contributed by atoms with E-state index in [9.17, 15) is 4.79 Å². The van der Waals surface area contributed by atoms with Crippen LogP contribution in [0.25, 0.3) is 0 Å². The zero-order valence-electron chi connectivity index (χ0n) is 14.1. The summed E-state index contributed by atoms with van der Waals surface area (Å²) in [5.41, 5.74) is 0.737. The second-order valence-electron chi connectivity index (χ2n) is 6.50. The highest BCUT2D eigenvalue weighted by Crippen LogP contribution is 2.39. The van der Waals surface area contributed by atoms with Gasteiger partial charge < -0.3 is 10.7 Å². The van der Waals surface area contributed by atoms with Crippen molar-refractivity contribution in [2.24, 2.45) is 10.4 Å². The van der Waals surface area contributed by atoms with Gasteiger partial charge in [-0.1, -0.05) is 65.6 Å². The lowest BCUT2D eigenvalue weighted by molar-refractivity contribution is -0.121. The van der Waals surface area contributed by atoms with Gasteiger partial charge in [-0.15, -0.1) is 0 Å². The van der Waals surface area contributed by atoms with Crippen LogP contribution in [0, 0.1) is 10.8 Å². The van der Waals surface area contributed by atoms with Crippen LogP contribution in [0.5, 0.6) is 0 Å². The summed E-state index contributed by atoms with van der Waals surface area (Å²) >= 11 is 4.41. The van der Waals surface area contributed by atoms with Crippen LogP contribution in [0.2, 0.25) is 0 Å². The third kappa shape index (κ3) is 5.90. The summed E-state index contributed by atoms with van der Waals surface area (Å²) in [6.07, 6.45) is 1.17. The molecule has 0 rings (SSSR count). The summed E-state index contributed by atoms with van der Waals surface area (Å²) in [7, 11) is 1.65. The lowest BCUT2D eigenvalue weighted by atomic mass is 9.75. The van der Waals surface area contributed by atoms with E-state index in [0.717, 1.165) is 5.57 Å². The molecule has 0 aromatic rings. The topological polar surface area (TPSA) is 65.3 Å². The molecule has 2 N–H and O–H groups in total. The van der Waals surface area contributed by atoms with Gasteiger partial charge >= 0.3 is 0 Å². The van der Waals surface area contributed by atoms with Crippen molar-refractivity contribution in [1.82, 2.24) is 5.32 Å². The standard InChI is InChI=1S/C16H27I2N3O/c1-10(8-15(3,4)13(18)14(22)20-6)16(5,21-7)9-12(19)11(2)17/h11,13,19H,1,7-9H2,2-6H3,(H,20,22)/t11-,13?,16?/m0/s1. The highest BCUT2D eigenvalue weighted by atomic mass is 127. The number of halogens is 2. The SMILES string of the molecule is C=NC(C)(CC(=N)[C@H](C)I)C(=C)CC(C)(C)C(I)C(=O)NC. The van der Waals surface area contributed by atoms with Gasteiger partial charge in [-0.05, 0) is 38.0 Å². The quantitative estimate of drug-likeness (QED) is 0.199. The van der Waals surface area contributed by atoms with Crippen LogP contribution >= 0.6 is 45.2 Å². The Labute approximate surface area is 161 Å². The third-order valence-corrected chi connectivity index (χ3v) is 6.96. The number of rotatable bonds is 9. The molecule has 0 aliphatic heterocycles. The van der Waals surface area contributed by atoms with Crippen molar-refractivity contribution in [2.75, 3.05) is 7.05 Å². The summed E-state index contributed by atoms with van der Waals surface area (Å²) < 4.78 is -0.00783. The Morgan fingerprint density at radius 3 is 2.18 bits per heavy atom. The Morgan fingerprint density at radius 1 is 1.32 bits per heavy atom. The third-order valence-electron chi connectivity index (χ3n) is 3.96. The molecule has 3 atom stereocenters. The van der Waals surface area contributed by atoms with Gasteiger partial charge in [0.05, 0.1) is 9.46 Å². The molecule has 0 saturated heterocycles. The van der Waals surface area contributed by atoms with E-state index in [1.807, 2.05) is 13.8 Å². The molecule has 0 fully saturated rings. The molecule has 0 aliphatic carbocycles. The molecular formula is C16H27I2N3O. The smallest absolute Gasteiger partial charge is 0.233 e. The molecule has 126 valence electrons. The van der Waals surface area contributed by atoms with Gasteiger partial charge in [0.25, 0.3) is 0 Å². The lowest BCUT2D eigenvalue weighted by Gasteiger charge is -2.36. The van der Waals surface area contributed by atoms with Crippen LogP contribution in [0.3, 0.4) is 0 Å². The molecule has 22 heavy (non-hydrogen) atoms. The van der Waals surface area contributed by atoms with Crippen molar-refractivity contribution in [1.29, 1.82) is 5.41 Å². The molecule has 6 heteroatoms. The van der Waals surface area contributed by atoms with Crippen LogP contribution in [0.15, 0.2) is 17.1 Å². The number of aliphatic imine (C=N–C) groups is 1. The average Bonchev–Trinajstić information content (AvgIpc) is 2.44. The van der Waals surface area contributed by atoms with Crippen molar-refractivity contribution in [3.63, 3.8) is 0 Å². The fourth-order valence-electron chi connectivity index (χ4n) is 2.12. The number of hydrogen-bond acceptors (Lipinski definition) is 3. The summed E-state index contributed by atoms with van der Waals surface area (Å²) in [6, 6.07) is 0. The maximum Gasteiger partial charge on any atom is 0.233 e. The van der Waals surface area contributed by atoms with Gasteiger partial charge in [-0.25, -0.2) is 0 Å². The minimum atomic E-state index is -0.563. The van der Waals surface area contributed by atoms with E-state index in [4.69, 9.17) is 5.41 Å². The van der Waals surface area contributed by atoms with Crippen LogP contribution in [0.4, 0.5) is 0 Å². The first-order valence-corrected chi connectivity index (χ1v) is 9.63. The van der Waals surface area contributed by atoms with Crippen molar-refractivity contribution in [3.8, 4) is 0 Å². The summed E-state index contributed by atoms with van der Waals surface area (Å²) in [4.78, 5) is 16.2. The van der Waals surface area contributed by atoms with E-state index < -0.39 is 5.54 Å². The second-order valence-corrected chi connectivity index (χ2v) is 9.61. The predicted molar refractivity (Wildman–Crippen MR) is 113 cm³/mol. The molecule has 2 unspecified atom stereocenters. The number of carbonyl (C=O) groups is 1. The largest absolute Gasteiger partial charge is 0.358 e. The molecule has 1 amide bonds. The van der Waals surface area contributed by atoms with Gasteiger partial charge in [0.15, 0.2) is 0 Å². The normalized spacial score (nSPS) is 17.0. The van der Waals surface area contributed by atoms with Gasteiger partial charge in [0, 0.05) is 23.1 Å². The fourth-order valence-corrected chi connectivity index (χ4v) is 2.87. The zero-order valence-corrected chi connectivity index (χ0v) is 18.4. The maximum absolute atomic E-state index is 11.9. The molecule has 0 aromatic carbocycles. The molecule has 4 nitrogen and oxygen atoms in total. The van der Waals surface area contributed by atoms with Crippen molar-refractivity contribution in [3.05, 3.63) is 12.2 Å². The number of alkyl halides is 2. The number of nitrogens with one attached hydrogen (secondary N) is 2. The molecule has 0 aliphatic rings. The van der Waals surface area contributed by atoms with Crippen LogP contribution in [-0.2, 0) is 4.79 Å². The Morgan fingerprint density at radius 2 is 1.82 bits per heavy atom. The van der Waals surface area contributed by atoms with Crippen LogP contribution in [-0.4, -0.2) is 38.8 Å². The van der Waals surface area contributed by atoms with E-state index in [1.165, 1.54) is 0 Å². The van der Waals surface area contributed by atoms with E-state index in [-0.39, 0.29) is 19.2 Å². The lowest BCUT2D eigenvalue weighted by Crippen LogP contribution is -2.40. The van der Waals surface area contributed by atoms with Crippen LogP contribution in [0.1, 0.15) is 40.5 Å².